The van der Waals surface area contributed by atoms with Gasteiger partial charge in [-0.15, -0.1) is 0 Å². The van der Waals surface area contributed by atoms with Crippen molar-refractivity contribution in [1.29, 1.82) is 0 Å². The molecule has 0 aromatic carbocycles. The van der Waals surface area contributed by atoms with Crippen LogP contribution in [0.15, 0.2) is 43.0 Å². The lowest BCUT2D eigenvalue weighted by Crippen LogP contribution is -2.19. The second kappa shape index (κ2) is 6.73. The molecule has 24 heavy (non-hydrogen) atoms. The van der Waals surface area contributed by atoms with Crippen LogP contribution in [0.4, 0.5) is 22.1 Å². The van der Waals surface area contributed by atoms with Crippen molar-refractivity contribution in [3.05, 3.63) is 48.7 Å². The van der Waals surface area contributed by atoms with Crippen LogP contribution in [-0.2, 0) is 7.05 Å². The molecule has 0 saturated carbocycles. The summed E-state index contributed by atoms with van der Waals surface area (Å²) in [6.07, 6.45) is 5.85. The lowest BCUT2D eigenvalue weighted by Gasteiger charge is -2.10. The molecule has 0 bridgehead atoms. The summed E-state index contributed by atoms with van der Waals surface area (Å²) in [6, 6.07) is 5.24. The van der Waals surface area contributed by atoms with E-state index < -0.39 is 6.09 Å². The van der Waals surface area contributed by atoms with E-state index in [0.29, 0.717) is 23.0 Å². The van der Waals surface area contributed by atoms with Crippen LogP contribution in [0.25, 0.3) is 0 Å². The number of hydrogen-bond donors (Lipinski definition) is 2. The number of carbonyl (C=O) groups is 1. The maximum atomic E-state index is 12.0. The molecule has 0 aliphatic rings. The molecule has 9 heteroatoms. The first-order valence-electron chi connectivity index (χ1n) is 7.09. The first-order valence-corrected chi connectivity index (χ1v) is 7.09. The van der Waals surface area contributed by atoms with Gasteiger partial charge in [0, 0.05) is 25.5 Å². The Hall–Kier alpha value is -3.49. The molecule has 0 spiro atoms. The minimum Gasteiger partial charge on any atom is -0.387 e. The number of aromatic nitrogens is 5. The Kier molecular flexibility index (Phi) is 4.32. The van der Waals surface area contributed by atoms with Crippen molar-refractivity contribution in [2.75, 3.05) is 10.6 Å². The molecule has 0 fully saturated rings. The van der Waals surface area contributed by atoms with E-state index >= 15 is 0 Å². The third-order valence-electron chi connectivity index (χ3n) is 2.92. The molecule has 3 aromatic heterocycles. The topological polar surface area (TPSA) is 107 Å². The van der Waals surface area contributed by atoms with Crippen molar-refractivity contribution in [1.82, 2.24) is 24.7 Å². The predicted molar refractivity (Wildman–Crippen MR) is 87.1 cm³/mol. The monoisotopic (exact) mass is 325 g/mol. The van der Waals surface area contributed by atoms with E-state index in [9.17, 15) is 4.79 Å². The maximum absolute atomic E-state index is 12.0. The van der Waals surface area contributed by atoms with E-state index in [1.54, 1.807) is 55.6 Å². The minimum atomic E-state index is -0.706. The lowest BCUT2D eigenvalue weighted by atomic mass is 10.4. The molecule has 0 saturated heterocycles. The molecule has 122 valence electrons. The van der Waals surface area contributed by atoms with Crippen molar-refractivity contribution >= 4 is 23.4 Å². The molecule has 0 atom stereocenters. The molecule has 0 aliphatic carbocycles. The zero-order valence-corrected chi connectivity index (χ0v) is 13.1. The van der Waals surface area contributed by atoms with E-state index in [1.807, 2.05) is 6.07 Å². The number of carbonyl (C=O) groups excluding carboxylic acids is 1. The minimum absolute atomic E-state index is 0.0623. The van der Waals surface area contributed by atoms with Crippen LogP contribution in [0.1, 0.15) is 5.69 Å². The van der Waals surface area contributed by atoms with Crippen molar-refractivity contribution in [2.45, 2.75) is 6.92 Å². The van der Waals surface area contributed by atoms with Crippen molar-refractivity contribution in [3.8, 4) is 5.88 Å². The van der Waals surface area contributed by atoms with Gasteiger partial charge in [-0.1, -0.05) is 0 Å². The third kappa shape index (κ3) is 3.83. The number of ether oxygens (including phenoxy) is 1. The van der Waals surface area contributed by atoms with Crippen LogP contribution in [0.2, 0.25) is 0 Å². The van der Waals surface area contributed by atoms with Crippen LogP contribution in [0.5, 0.6) is 5.88 Å². The highest BCUT2D eigenvalue weighted by Gasteiger charge is 2.14. The van der Waals surface area contributed by atoms with E-state index in [1.165, 1.54) is 0 Å². The van der Waals surface area contributed by atoms with Crippen LogP contribution in [-0.4, -0.2) is 30.8 Å². The Balaban J connectivity index is 1.76. The van der Waals surface area contributed by atoms with Gasteiger partial charge in [-0.2, -0.15) is 5.10 Å². The fourth-order valence-corrected chi connectivity index (χ4v) is 1.89. The average molecular weight is 325 g/mol. The van der Waals surface area contributed by atoms with Gasteiger partial charge in [-0.05, 0) is 19.1 Å². The number of rotatable bonds is 4. The van der Waals surface area contributed by atoms with Crippen LogP contribution < -0.4 is 15.4 Å². The summed E-state index contributed by atoms with van der Waals surface area (Å²) in [5.41, 5.74) is 1.32. The molecule has 3 aromatic rings. The summed E-state index contributed by atoms with van der Waals surface area (Å²) in [4.78, 5) is 24.4. The Morgan fingerprint density at radius 1 is 1.29 bits per heavy atom. The molecule has 0 aliphatic heterocycles. The number of nitrogens with zero attached hydrogens (tertiary/aromatic N) is 5. The number of hydrogen-bond acceptors (Lipinski definition) is 7. The quantitative estimate of drug-likeness (QED) is 0.757. The molecular weight excluding hydrogens is 310 g/mol. The van der Waals surface area contributed by atoms with Crippen molar-refractivity contribution in [3.63, 3.8) is 0 Å². The van der Waals surface area contributed by atoms with Crippen LogP contribution >= 0.6 is 0 Å². The smallest absolute Gasteiger partial charge is 0.387 e. The highest BCUT2D eigenvalue weighted by atomic mass is 16.6. The van der Waals surface area contributed by atoms with Gasteiger partial charge in [-0.25, -0.2) is 14.8 Å². The highest BCUT2D eigenvalue weighted by Crippen LogP contribution is 2.23. The molecule has 0 radical (unpaired) electrons. The molecule has 3 rings (SSSR count). The molecule has 1 amide bonds. The van der Waals surface area contributed by atoms with Gasteiger partial charge in [-0.3, -0.25) is 15.0 Å². The standard InChI is InChI=1S/C15H15N7O2/c1-10-8-17-13(19-11-4-3-6-16-9-11)14(18-10)24-15(23)20-12-5-7-22(2)21-12/h3-9H,1-2H3,(H,17,19)(H,20,21,23). The molecule has 3 heterocycles. The van der Waals surface area contributed by atoms with E-state index in [0.717, 1.165) is 0 Å². The molecule has 9 nitrogen and oxygen atoms in total. The average Bonchev–Trinajstić information content (AvgIpc) is 2.96. The number of nitrogens with one attached hydrogen (secondary N) is 2. The summed E-state index contributed by atoms with van der Waals surface area (Å²) in [5.74, 6) is 0.752. The van der Waals surface area contributed by atoms with Gasteiger partial charge in [0.15, 0.2) is 11.6 Å². The number of pyridine rings is 1. The largest absolute Gasteiger partial charge is 0.419 e. The Morgan fingerprint density at radius 3 is 2.88 bits per heavy atom. The first kappa shape index (κ1) is 15.4. The second-order valence-electron chi connectivity index (χ2n) is 4.92. The fourth-order valence-electron chi connectivity index (χ4n) is 1.89. The van der Waals surface area contributed by atoms with Gasteiger partial charge in [0.1, 0.15) is 0 Å². The van der Waals surface area contributed by atoms with Gasteiger partial charge < -0.3 is 10.1 Å². The fraction of sp³-hybridized carbons (Fsp3) is 0.133. The van der Waals surface area contributed by atoms with Crippen molar-refractivity contribution in [2.24, 2.45) is 7.05 Å². The van der Waals surface area contributed by atoms with Crippen LogP contribution in [0.3, 0.4) is 0 Å². The van der Waals surface area contributed by atoms with Gasteiger partial charge in [0.2, 0.25) is 0 Å². The van der Waals surface area contributed by atoms with E-state index in [4.69, 9.17) is 4.74 Å². The molecular formula is C15H15N7O2. The van der Waals surface area contributed by atoms with Gasteiger partial charge in [0.25, 0.3) is 5.88 Å². The summed E-state index contributed by atoms with van der Waals surface area (Å²) in [7, 11) is 1.75. The van der Waals surface area contributed by atoms with Crippen LogP contribution in [0, 0.1) is 6.92 Å². The third-order valence-corrected chi connectivity index (χ3v) is 2.92. The van der Waals surface area contributed by atoms with E-state index in [2.05, 4.69) is 30.7 Å². The molecule has 0 unspecified atom stereocenters. The molecule has 2 N–H and O–H groups in total. The summed E-state index contributed by atoms with van der Waals surface area (Å²) in [5, 5.41) is 9.58. The lowest BCUT2D eigenvalue weighted by molar-refractivity contribution is 0.213. The maximum Gasteiger partial charge on any atom is 0.419 e. The van der Waals surface area contributed by atoms with E-state index in [-0.39, 0.29) is 5.88 Å². The van der Waals surface area contributed by atoms with Gasteiger partial charge >= 0.3 is 6.09 Å². The number of amides is 1. The Labute approximate surface area is 137 Å². The SMILES string of the molecule is Cc1cnc(Nc2cccnc2)c(OC(=O)Nc2ccn(C)n2)n1. The zero-order chi connectivity index (χ0) is 16.9. The summed E-state index contributed by atoms with van der Waals surface area (Å²) >= 11 is 0. The summed E-state index contributed by atoms with van der Waals surface area (Å²) < 4.78 is 6.82. The Bertz CT molecular complexity index is 848. The number of aryl methyl sites for hydroxylation is 2. The van der Waals surface area contributed by atoms with Gasteiger partial charge in [0.05, 0.1) is 23.8 Å². The highest BCUT2D eigenvalue weighted by molar-refractivity contribution is 5.85. The zero-order valence-electron chi connectivity index (χ0n) is 13.1. The second-order valence-corrected chi connectivity index (χ2v) is 4.92. The first-order chi connectivity index (χ1) is 11.6. The van der Waals surface area contributed by atoms with Crippen molar-refractivity contribution < 1.29 is 9.53 Å². The Morgan fingerprint density at radius 2 is 2.17 bits per heavy atom. The number of anilines is 3. The normalized spacial score (nSPS) is 10.2. The summed E-state index contributed by atoms with van der Waals surface area (Å²) in [6.45, 7) is 1.75. The predicted octanol–water partition coefficient (Wildman–Crippen LogP) is 2.27.